The summed E-state index contributed by atoms with van der Waals surface area (Å²) < 4.78 is 0.870. The fourth-order valence-corrected chi connectivity index (χ4v) is 5.27. The molecule has 7 heteroatoms. The maximum absolute atomic E-state index is 13.5. The second-order valence-corrected chi connectivity index (χ2v) is 10.2. The van der Waals surface area contributed by atoms with E-state index in [-0.39, 0.29) is 11.5 Å². The smallest absolute Gasteiger partial charge is 0.269 e. The monoisotopic (exact) mass is 531 g/mol. The normalized spacial score (nSPS) is 16.8. The van der Waals surface area contributed by atoms with E-state index in [0.29, 0.717) is 22.8 Å². The van der Waals surface area contributed by atoms with Gasteiger partial charge in [0.05, 0.1) is 5.25 Å². The van der Waals surface area contributed by atoms with Crippen molar-refractivity contribution in [1.29, 1.82) is 5.26 Å². The number of carbonyl (C=O) groups is 2. The second kappa shape index (κ2) is 10.3. The Bertz CT molecular complexity index is 1310. The Morgan fingerprint density at radius 2 is 1.76 bits per heavy atom. The van der Waals surface area contributed by atoms with Crippen LogP contribution in [0.1, 0.15) is 16.7 Å². The lowest BCUT2D eigenvalue weighted by Crippen LogP contribution is -2.30. The Labute approximate surface area is 211 Å². The molecule has 1 saturated heterocycles. The van der Waals surface area contributed by atoms with Gasteiger partial charge < -0.3 is 5.32 Å². The van der Waals surface area contributed by atoms with Gasteiger partial charge in [-0.05, 0) is 62.2 Å². The topological polar surface area (TPSA) is 73.2 Å². The van der Waals surface area contributed by atoms with Crippen LogP contribution in [0.15, 0.2) is 87.9 Å². The Hall–Kier alpha value is -3.34. The molecule has 1 heterocycles. The highest BCUT2D eigenvalue weighted by atomic mass is 79.9. The molecule has 3 aromatic carbocycles. The fraction of sp³-hybridized carbons (Fsp3) is 0.148. The van der Waals surface area contributed by atoms with Crippen LogP contribution in [-0.4, -0.2) is 17.1 Å². The van der Waals surface area contributed by atoms with Gasteiger partial charge in [0.1, 0.15) is 16.7 Å². The fourth-order valence-electron chi connectivity index (χ4n) is 3.70. The summed E-state index contributed by atoms with van der Waals surface area (Å²) >= 11 is 4.68. The lowest BCUT2D eigenvalue weighted by Gasteiger charge is -2.19. The van der Waals surface area contributed by atoms with Crippen LogP contribution in [0.3, 0.4) is 0 Å². The minimum absolute atomic E-state index is 0.0893. The Morgan fingerprint density at radius 3 is 2.41 bits per heavy atom. The van der Waals surface area contributed by atoms with Crippen molar-refractivity contribution in [2.45, 2.75) is 25.5 Å². The molecule has 1 atom stereocenters. The number of halogens is 1. The molecule has 5 nitrogen and oxygen atoms in total. The van der Waals surface area contributed by atoms with Gasteiger partial charge in [-0.1, -0.05) is 75.2 Å². The molecule has 2 amide bonds. The van der Waals surface area contributed by atoms with E-state index in [0.717, 1.165) is 21.2 Å². The number of amides is 2. The van der Waals surface area contributed by atoms with Gasteiger partial charge in [-0.25, -0.2) is 0 Å². The molecule has 0 saturated carbocycles. The first-order chi connectivity index (χ1) is 16.4. The average Bonchev–Trinajstić information content (AvgIpc) is 3.12. The van der Waals surface area contributed by atoms with Crippen LogP contribution < -0.4 is 10.2 Å². The molecular formula is C27H22BrN3O2S. The third-order valence-corrected chi connectivity index (χ3v) is 7.19. The van der Waals surface area contributed by atoms with Crippen LogP contribution in [0.2, 0.25) is 0 Å². The van der Waals surface area contributed by atoms with Crippen LogP contribution in [0.5, 0.6) is 0 Å². The third kappa shape index (κ3) is 5.24. The van der Waals surface area contributed by atoms with Gasteiger partial charge in [0.2, 0.25) is 5.91 Å². The first-order valence-electron chi connectivity index (χ1n) is 10.7. The van der Waals surface area contributed by atoms with Crippen molar-refractivity contribution in [3.8, 4) is 6.07 Å². The zero-order chi connectivity index (χ0) is 24.2. The summed E-state index contributed by atoms with van der Waals surface area (Å²) in [6, 6.07) is 24.6. The van der Waals surface area contributed by atoms with Crippen LogP contribution >= 0.6 is 27.7 Å². The molecule has 1 N–H and O–H groups in total. The number of rotatable bonds is 5. The molecule has 0 spiro atoms. The van der Waals surface area contributed by atoms with Crippen molar-refractivity contribution in [3.05, 3.63) is 105 Å². The summed E-state index contributed by atoms with van der Waals surface area (Å²) in [7, 11) is 0. The second-order valence-electron chi connectivity index (χ2n) is 8.06. The van der Waals surface area contributed by atoms with Crippen molar-refractivity contribution in [2.75, 3.05) is 10.2 Å². The van der Waals surface area contributed by atoms with Crippen LogP contribution in [0.25, 0.3) is 0 Å². The molecule has 34 heavy (non-hydrogen) atoms. The first kappa shape index (κ1) is 23.8. The number of carbonyl (C=O) groups excluding carboxylic acids is 2. The number of nitriles is 1. The number of thioether (sulfide) groups is 1. The van der Waals surface area contributed by atoms with Gasteiger partial charge >= 0.3 is 0 Å². The molecular weight excluding hydrogens is 510 g/mol. The molecule has 0 unspecified atom stereocenters. The first-order valence-corrected chi connectivity index (χ1v) is 12.4. The maximum Gasteiger partial charge on any atom is 0.269 e. The van der Waals surface area contributed by atoms with E-state index in [1.54, 1.807) is 24.3 Å². The van der Waals surface area contributed by atoms with Crippen molar-refractivity contribution in [2.24, 2.45) is 0 Å². The summed E-state index contributed by atoms with van der Waals surface area (Å²) in [5.74, 6) is -0.695. The maximum atomic E-state index is 13.5. The number of hydrogen-bond donors (Lipinski definition) is 1. The van der Waals surface area contributed by atoms with Gasteiger partial charge in [0, 0.05) is 15.8 Å². The number of nitrogens with zero attached hydrogens (tertiary/aromatic N) is 2. The predicted octanol–water partition coefficient (Wildman–Crippen LogP) is 6.13. The molecule has 0 aromatic heterocycles. The molecule has 1 fully saturated rings. The van der Waals surface area contributed by atoms with Gasteiger partial charge in [-0.15, -0.1) is 0 Å². The van der Waals surface area contributed by atoms with E-state index in [9.17, 15) is 14.9 Å². The van der Waals surface area contributed by atoms with E-state index in [2.05, 4.69) is 27.3 Å². The largest absolute Gasteiger partial charge is 0.321 e. The van der Waals surface area contributed by atoms with Crippen molar-refractivity contribution >= 4 is 50.9 Å². The number of hydrogen-bond acceptors (Lipinski definition) is 4. The van der Waals surface area contributed by atoms with E-state index < -0.39 is 11.2 Å². The standard InChI is InChI=1S/C27H22BrN3O2S/c1-17-6-10-21(11-7-17)30-25(32)23(16-29)27-31(22-12-8-20(28)9-13-22)26(33)24(34-27)15-19-5-3-4-18(2)14-19/h3-14,24H,15H2,1-2H3,(H,30,32)/b27-23-/t24-/m0/s1. The summed E-state index contributed by atoms with van der Waals surface area (Å²) in [6.45, 7) is 3.97. The Morgan fingerprint density at radius 1 is 1.06 bits per heavy atom. The molecule has 0 aliphatic carbocycles. The summed E-state index contributed by atoms with van der Waals surface area (Å²) in [4.78, 5) is 28.2. The highest BCUT2D eigenvalue weighted by Gasteiger charge is 2.40. The van der Waals surface area contributed by atoms with Gasteiger partial charge in [0.15, 0.2) is 0 Å². The molecule has 1 aliphatic heterocycles. The van der Waals surface area contributed by atoms with Crippen molar-refractivity contribution < 1.29 is 9.59 Å². The van der Waals surface area contributed by atoms with E-state index in [1.165, 1.54) is 16.7 Å². The van der Waals surface area contributed by atoms with Crippen LogP contribution in [0, 0.1) is 25.2 Å². The molecule has 3 aromatic rings. The molecule has 4 rings (SSSR count). The van der Waals surface area contributed by atoms with Gasteiger partial charge in [-0.3, -0.25) is 14.5 Å². The lowest BCUT2D eigenvalue weighted by atomic mass is 10.1. The summed E-state index contributed by atoms with van der Waals surface area (Å²) in [5.41, 5.74) is 4.32. The lowest BCUT2D eigenvalue weighted by molar-refractivity contribution is -0.117. The van der Waals surface area contributed by atoms with Crippen molar-refractivity contribution in [3.63, 3.8) is 0 Å². The minimum Gasteiger partial charge on any atom is -0.321 e. The average molecular weight is 532 g/mol. The molecule has 1 aliphatic rings. The zero-order valence-corrected chi connectivity index (χ0v) is 21.1. The SMILES string of the molecule is Cc1ccc(NC(=O)/C(C#N)=C2\S[C@@H](Cc3cccc(C)c3)C(=O)N2c2ccc(Br)cc2)cc1. The predicted molar refractivity (Wildman–Crippen MR) is 140 cm³/mol. The minimum atomic E-state index is -0.542. The van der Waals surface area contributed by atoms with E-state index in [1.807, 2.05) is 62.4 Å². The van der Waals surface area contributed by atoms with Crippen LogP contribution in [0.4, 0.5) is 11.4 Å². The molecule has 0 radical (unpaired) electrons. The number of nitrogens with one attached hydrogen (secondary N) is 1. The van der Waals surface area contributed by atoms with Crippen molar-refractivity contribution in [1.82, 2.24) is 0 Å². The number of anilines is 2. The highest BCUT2D eigenvalue weighted by Crippen LogP contribution is 2.42. The third-order valence-electron chi connectivity index (χ3n) is 5.40. The van der Waals surface area contributed by atoms with E-state index >= 15 is 0 Å². The highest BCUT2D eigenvalue weighted by molar-refractivity contribution is 9.10. The Balaban J connectivity index is 1.72. The number of aryl methyl sites for hydroxylation is 2. The zero-order valence-electron chi connectivity index (χ0n) is 18.7. The molecule has 0 bridgehead atoms. The van der Waals surface area contributed by atoms with E-state index in [4.69, 9.17) is 0 Å². The Kier molecular flexibility index (Phi) is 7.20. The van der Waals surface area contributed by atoms with Gasteiger partial charge in [-0.2, -0.15) is 5.26 Å². The van der Waals surface area contributed by atoms with Gasteiger partial charge in [0.25, 0.3) is 5.91 Å². The molecule has 170 valence electrons. The summed E-state index contributed by atoms with van der Waals surface area (Å²) in [5, 5.41) is 12.6. The van der Waals surface area contributed by atoms with Crippen LogP contribution in [-0.2, 0) is 16.0 Å². The summed E-state index contributed by atoms with van der Waals surface area (Å²) in [6.07, 6.45) is 0.500. The quantitative estimate of drug-likeness (QED) is 0.317. The number of benzene rings is 3.